The molecule has 2 heterocycles. The highest BCUT2D eigenvalue weighted by molar-refractivity contribution is 6.01. The van der Waals surface area contributed by atoms with E-state index in [9.17, 15) is 4.79 Å². The fourth-order valence-corrected chi connectivity index (χ4v) is 1.78. The molecule has 2 aromatic heterocycles. The second-order valence-electron chi connectivity index (χ2n) is 4.28. The fraction of sp³-hybridized carbons (Fsp3) is 0.0769. The number of nitrogens with two attached hydrogens (primary N) is 1. The van der Waals surface area contributed by atoms with Gasteiger partial charge in [0, 0.05) is 13.1 Å². The number of amides is 1. The molecule has 0 saturated carbocycles. The van der Waals surface area contributed by atoms with Crippen LogP contribution in [0, 0.1) is 6.92 Å². The number of aryl methyl sites for hydroxylation is 1. The molecule has 8 heteroatoms. The van der Waals surface area contributed by atoms with Crippen LogP contribution < -0.4 is 11.1 Å². The normalized spacial score (nSPS) is 10.5. The number of nitrogen functional groups attached to an aromatic ring is 1. The molecule has 3 aromatic rings. The number of hydrogen-bond donors (Lipinski definition) is 2. The number of nitrogens with zero attached hydrogens (tertiary/aromatic N) is 4. The standard InChI is InChI=1S/C13H12N6O2/c1-8-16-17-13(21-8)15-12(20)10-6-7-19(18-10)11-5-3-2-4-9(11)14/h2-7H,14H2,1H3,(H,15,17,20). The Labute approximate surface area is 119 Å². The summed E-state index contributed by atoms with van der Waals surface area (Å²) in [5, 5.41) is 14.0. The summed E-state index contributed by atoms with van der Waals surface area (Å²) in [5.41, 5.74) is 7.36. The molecular weight excluding hydrogens is 272 g/mol. The van der Waals surface area contributed by atoms with E-state index in [1.54, 1.807) is 25.3 Å². The second-order valence-corrected chi connectivity index (χ2v) is 4.28. The fourth-order valence-electron chi connectivity index (χ4n) is 1.78. The van der Waals surface area contributed by atoms with E-state index in [-0.39, 0.29) is 11.7 Å². The Hall–Kier alpha value is -3.16. The van der Waals surface area contributed by atoms with Crippen molar-refractivity contribution in [3.8, 4) is 5.69 Å². The number of para-hydroxylation sites is 2. The summed E-state index contributed by atoms with van der Waals surface area (Å²) in [6.45, 7) is 1.63. The van der Waals surface area contributed by atoms with Crippen molar-refractivity contribution in [2.75, 3.05) is 11.1 Å². The smallest absolute Gasteiger partial charge is 0.322 e. The molecule has 0 aliphatic rings. The van der Waals surface area contributed by atoms with Crippen molar-refractivity contribution in [2.24, 2.45) is 0 Å². The lowest BCUT2D eigenvalue weighted by atomic mass is 10.3. The molecule has 0 saturated heterocycles. The third kappa shape index (κ3) is 2.59. The summed E-state index contributed by atoms with van der Waals surface area (Å²) in [7, 11) is 0. The van der Waals surface area contributed by atoms with Gasteiger partial charge in [-0.15, -0.1) is 5.10 Å². The van der Waals surface area contributed by atoms with Gasteiger partial charge < -0.3 is 10.2 Å². The number of benzene rings is 1. The van der Waals surface area contributed by atoms with E-state index in [1.807, 2.05) is 18.2 Å². The van der Waals surface area contributed by atoms with Gasteiger partial charge in [0.15, 0.2) is 5.69 Å². The van der Waals surface area contributed by atoms with Crippen LogP contribution >= 0.6 is 0 Å². The zero-order chi connectivity index (χ0) is 14.8. The molecule has 0 radical (unpaired) electrons. The van der Waals surface area contributed by atoms with Gasteiger partial charge in [-0.1, -0.05) is 17.2 Å². The number of nitrogens with one attached hydrogen (secondary N) is 1. The largest absolute Gasteiger partial charge is 0.408 e. The third-order valence-electron chi connectivity index (χ3n) is 2.75. The summed E-state index contributed by atoms with van der Waals surface area (Å²) in [6, 6.07) is 8.85. The van der Waals surface area contributed by atoms with Gasteiger partial charge in [-0.2, -0.15) is 5.10 Å². The van der Waals surface area contributed by atoms with Crippen LogP contribution in [0.5, 0.6) is 0 Å². The van der Waals surface area contributed by atoms with Crippen LogP contribution in [0.3, 0.4) is 0 Å². The predicted molar refractivity (Wildman–Crippen MR) is 75.0 cm³/mol. The number of carbonyl (C=O) groups excluding carboxylic acids is 1. The molecule has 0 unspecified atom stereocenters. The second kappa shape index (κ2) is 5.08. The molecule has 0 fully saturated rings. The molecule has 3 rings (SSSR count). The number of carbonyl (C=O) groups is 1. The van der Waals surface area contributed by atoms with E-state index in [1.165, 1.54) is 4.68 Å². The maximum atomic E-state index is 12.0. The van der Waals surface area contributed by atoms with Crippen LogP contribution in [-0.2, 0) is 0 Å². The first kappa shape index (κ1) is 12.9. The molecule has 0 bridgehead atoms. The van der Waals surface area contributed by atoms with Crippen LogP contribution in [0.2, 0.25) is 0 Å². The lowest BCUT2D eigenvalue weighted by Crippen LogP contribution is -2.13. The zero-order valence-corrected chi connectivity index (χ0v) is 11.1. The highest BCUT2D eigenvalue weighted by Crippen LogP contribution is 2.16. The van der Waals surface area contributed by atoms with Crippen molar-refractivity contribution >= 4 is 17.6 Å². The molecule has 0 spiro atoms. The summed E-state index contributed by atoms with van der Waals surface area (Å²) in [4.78, 5) is 12.0. The van der Waals surface area contributed by atoms with Crippen LogP contribution in [0.4, 0.5) is 11.7 Å². The van der Waals surface area contributed by atoms with Crippen LogP contribution in [0.1, 0.15) is 16.4 Å². The topological polar surface area (TPSA) is 112 Å². The van der Waals surface area contributed by atoms with Crippen molar-refractivity contribution in [1.29, 1.82) is 0 Å². The Morgan fingerprint density at radius 3 is 2.81 bits per heavy atom. The van der Waals surface area contributed by atoms with Crippen LogP contribution in [0.25, 0.3) is 5.69 Å². The lowest BCUT2D eigenvalue weighted by molar-refractivity contribution is 0.101. The van der Waals surface area contributed by atoms with Gasteiger partial charge >= 0.3 is 6.01 Å². The highest BCUT2D eigenvalue weighted by Gasteiger charge is 2.14. The lowest BCUT2D eigenvalue weighted by Gasteiger charge is -2.04. The molecule has 8 nitrogen and oxygen atoms in total. The maximum absolute atomic E-state index is 12.0. The van der Waals surface area contributed by atoms with Gasteiger partial charge in [-0.3, -0.25) is 10.1 Å². The third-order valence-corrected chi connectivity index (χ3v) is 2.75. The molecule has 1 aromatic carbocycles. The Kier molecular flexibility index (Phi) is 3.11. The van der Waals surface area contributed by atoms with Gasteiger partial charge in [-0.25, -0.2) is 4.68 Å². The number of hydrogen-bond acceptors (Lipinski definition) is 6. The summed E-state index contributed by atoms with van der Waals surface area (Å²) in [6.07, 6.45) is 1.65. The molecule has 106 valence electrons. The van der Waals surface area contributed by atoms with E-state index < -0.39 is 5.91 Å². The monoisotopic (exact) mass is 284 g/mol. The van der Waals surface area contributed by atoms with Crippen molar-refractivity contribution in [1.82, 2.24) is 20.0 Å². The molecule has 0 atom stereocenters. The first-order valence-electron chi connectivity index (χ1n) is 6.15. The van der Waals surface area contributed by atoms with E-state index >= 15 is 0 Å². The summed E-state index contributed by atoms with van der Waals surface area (Å²) < 4.78 is 6.61. The first-order valence-corrected chi connectivity index (χ1v) is 6.15. The Morgan fingerprint density at radius 1 is 1.29 bits per heavy atom. The summed E-state index contributed by atoms with van der Waals surface area (Å²) in [5.74, 6) is -0.0696. The molecule has 1 amide bonds. The van der Waals surface area contributed by atoms with Crippen LogP contribution in [-0.4, -0.2) is 25.9 Å². The quantitative estimate of drug-likeness (QED) is 0.703. The minimum atomic E-state index is -0.438. The van der Waals surface area contributed by atoms with Crippen molar-refractivity contribution in [3.63, 3.8) is 0 Å². The van der Waals surface area contributed by atoms with Gasteiger partial charge in [0.1, 0.15) is 0 Å². The predicted octanol–water partition coefficient (Wildman–Crippen LogP) is 1.40. The van der Waals surface area contributed by atoms with E-state index in [0.717, 1.165) is 0 Å². The Morgan fingerprint density at radius 2 is 2.10 bits per heavy atom. The molecular formula is C13H12N6O2. The average molecular weight is 284 g/mol. The Balaban J connectivity index is 1.82. The minimum absolute atomic E-state index is 0.0336. The molecule has 0 aliphatic carbocycles. The van der Waals surface area contributed by atoms with E-state index in [2.05, 4.69) is 20.6 Å². The number of anilines is 2. The van der Waals surface area contributed by atoms with Gasteiger partial charge in [0.05, 0.1) is 11.4 Å². The average Bonchev–Trinajstić information content (AvgIpc) is 3.09. The number of rotatable bonds is 3. The van der Waals surface area contributed by atoms with Gasteiger partial charge in [0.2, 0.25) is 5.89 Å². The maximum Gasteiger partial charge on any atom is 0.322 e. The summed E-state index contributed by atoms with van der Waals surface area (Å²) >= 11 is 0. The SMILES string of the molecule is Cc1nnc(NC(=O)c2ccn(-c3ccccc3N)n2)o1. The minimum Gasteiger partial charge on any atom is -0.408 e. The van der Waals surface area contributed by atoms with Crippen molar-refractivity contribution in [3.05, 3.63) is 48.1 Å². The first-order chi connectivity index (χ1) is 10.1. The molecule has 0 aliphatic heterocycles. The molecule has 21 heavy (non-hydrogen) atoms. The highest BCUT2D eigenvalue weighted by atomic mass is 16.4. The number of aromatic nitrogens is 4. The van der Waals surface area contributed by atoms with Gasteiger partial charge in [-0.05, 0) is 18.2 Å². The van der Waals surface area contributed by atoms with E-state index in [4.69, 9.17) is 10.2 Å². The van der Waals surface area contributed by atoms with Gasteiger partial charge in [0.25, 0.3) is 5.91 Å². The van der Waals surface area contributed by atoms with Crippen molar-refractivity contribution in [2.45, 2.75) is 6.92 Å². The zero-order valence-electron chi connectivity index (χ0n) is 11.1. The van der Waals surface area contributed by atoms with Crippen LogP contribution in [0.15, 0.2) is 40.9 Å². The van der Waals surface area contributed by atoms with E-state index in [0.29, 0.717) is 17.3 Å². The molecule has 3 N–H and O–H groups in total. The Bertz CT molecular complexity index is 791. The van der Waals surface area contributed by atoms with Crippen molar-refractivity contribution < 1.29 is 9.21 Å².